The molecule has 0 radical (unpaired) electrons. The number of benzene rings is 3. The Kier molecular flexibility index (Phi) is 6.11. The van der Waals surface area contributed by atoms with Gasteiger partial charge in [-0.15, -0.1) is 0 Å². The molecule has 1 atom stereocenters. The average molecular weight is 490 g/mol. The molecule has 5 aromatic rings. The van der Waals surface area contributed by atoms with Crippen LogP contribution in [0.25, 0.3) is 28.2 Å². The molecule has 176 valence electrons. The number of carbonyl (C=O) groups is 1. The van der Waals surface area contributed by atoms with E-state index in [0.29, 0.717) is 28.6 Å². The Bertz CT molecular complexity index is 1500. The first kappa shape index (κ1) is 22.5. The van der Waals surface area contributed by atoms with Crippen molar-refractivity contribution in [3.63, 3.8) is 0 Å². The maximum Gasteiger partial charge on any atom is 0.442 e. The predicted octanol–water partition coefficient (Wildman–Crippen LogP) is 4.18. The molecule has 3 aromatic carbocycles. The molecule has 35 heavy (non-hydrogen) atoms. The SMILES string of the molecule is COc1ccc(-[n+]2[nH]oc(=O)c2SC(C)C(=O)Nc2ccc(-c3nc4ccccc4o3)cc2)cc1. The lowest BCUT2D eigenvalue weighted by molar-refractivity contribution is -0.704. The number of aromatic nitrogens is 3. The van der Waals surface area contributed by atoms with E-state index in [0.717, 1.165) is 22.8 Å². The molecule has 0 aliphatic heterocycles. The molecule has 0 aliphatic rings. The lowest BCUT2D eigenvalue weighted by Crippen LogP contribution is -2.37. The van der Waals surface area contributed by atoms with Crippen molar-refractivity contribution in [1.82, 2.24) is 10.3 Å². The van der Waals surface area contributed by atoms with Gasteiger partial charge in [0.05, 0.1) is 12.4 Å². The van der Waals surface area contributed by atoms with E-state index in [1.54, 1.807) is 50.4 Å². The molecule has 0 saturated carbocycles. The van der Waals surface area contributed by atoms with E-state index in [9.17, 15) is 9.59 Å². The maximum absolute atomic E-state index is 12.8. The van der Waals surface area contributed by atoms with Gasteiger partial charge in [-0.05, 0) is 77.2 Å². The molecule has 0 saturated heterocycles. The number of methoxy groups -OCH3 is 1. The molecule has 2 N–H and O–H groups in total. The molecule has 10 heteroatoms. The number of fused-ring (bicyclic) bond motifs is 1. The third-order valence-corrected chi connectivity index (χ3v) is 6.43. The molecule has 0 fully saturated rings. The summed E-state index contributed by atoms with van der Waals surface area (Å²) < 4.78 is 17.4. The standard InChI is InChI=1S/C25H20N4O5S/c1-15(35-24-25(31)34-28-29(24)18-11-13-19(32-2)14-12-18)22(30)26-17-9-7-16(8-10-17)23-27-20-5-3-4-6-21(20)33-23/h3-15H,1-2H3,(H-,26,27,28,30,31)/p+1. The molecular weight excluding hydrogens is 468 g/mol. The van der Waals surface area contributed by atoms with Gasteiger partial charge in [-0.25, -0.2) is 9.78 Å². The number of H-pyrrole nitrogens is 1. The Labute approximate surface area is 203 Å². The van der Waals surface area contributed by atoms with Gasteiger partial charge in [0.25, 0.3) is 0 Å². The van der Waals surface area contributed by atoms with E-state index in [4.69, 9.17) is 13.7 Å². The van der Waals surface area contributed by atoms with Gasteiger partial charge in [-0.3, -0.25) is 9.32 Å². The van der Waals surface area contributed by atoms with Gasteiger partial charge in [0, 0.05) is 23.4 Å². The normalized spacial score (nSPS) is 11.9. The van der Waals surface area contributed by atoms with Crippen LogP contribution < -0.4 is 20.4 Å². The summed E-state index contributed by atoms with van der Waals surface area (Å²) >= 11 is 1.10. The van der Waals surface area contributed by atoms with Crippen LogP contribution in [0, 0.1) is 0 Å². The molecule has 2 heterocycles. The van der Waals surface area contributed by atoms with Crippen molar-refractivity contribution in [1.29, 1.82) is 0 Å². The van der Waals surface area contributed by atoms with Gasteiger partial charge in [0.15, 0.2) is 5.58 Å². The van der Waals surface area contributed by atoms with Crippen LogP contribution in [0.1, 0.15) is 6.92 Å². The molecule has 1 amide bonds. The summed E-state index contributed by atoms with van der Waals surface area (Å²) in [5.74, 6) is 0.936. The van der Waals surface area contributed by atoms with Crippen LogP contribution in [0.2, 0.25) is 0 Å². The molecule has 0 bridgehead atoms. The van der Waals surface area contributed by atoms with Crippen LogP contribution in [-0.2, 0) is 4.79 Å². The van der Waals surface area contributed by atoms with E-state index < -0.39 is 10.9 Å². The van der Waals surface area contributed by atoms with Crippen molar-refractivity contribution in [2.45, 2.75) is 17.2 Å². The predicted molar refractivity (Wildman–Crippen MR) is 131 cm³/mol. The minimum absolute atomic E-state index is 0.254. The minimum Gasteiger partial charge on any atom is -0.497 e. The first-order valence-corrected chi connectivity index (χ1v) is 11.6. The number of anilines is 1. The Morgan fingerprint density at radius 3 is 2.54 bits per heavy atom. The largest absolute Gasteiger partial charge is 0.497 e. The zero-order chi connectivity index (χ0) is 24.4. The molecule has 0 spiro atoms. The zero-order valence-corrected chi connectivity index (χ0v) is 19.7. The summed E-state index contributed by atoms with van der Waals surface area (Å²) in [6.07, 6.45) is 0. The van der Waals surface area contributed by atoms with Crippen molar-refractivity contribution in [3.8, 4) is 22.9 Å². The monoisotopic (exact) mass is 489 g/mol. The van der Waals surface area contributed by atoms with Crippen molar-refractivity contribution in [2.75, 3.05) is 12.4 Å². The number of nitrogens with zero attached hydrogens (tertiary/aromatic N) is 2. The van der Waals surface area contributed by atoms with Crippen LogP contribution in [0.15, 0.2) is 91.6 Å². The van der Waals surface area contributed by atoms with Gasteiger partial charge in [-0.2, -0.15) is 0 Å². The second-order valence-corrected chi connectivity index (χ2v) is 8.96. The fourth-order valence-corrected chi connectivity index (χ4v) is 4.31. The number of nitrogens with one attached hydrogen (secondary N) is 2. The molecule has 1 unspecified atom stereocenters. The van der Waals surface area contributed by atoms with E-state index >= 15 is 0 Å². The number of hydrogen-bond donors (Lipinski definition) is 2. The number of para-hydroxylation sites is 2. The lowest BCUT2D eigenvalue weighted by atomic mass is 10.2. The minimum atomic E-state index is -0.574. The topological polar surface area (TPSA) is 114 Å². The molecule has 0 aliphatic carbocycles. The van der Waals surface area contributed by atoms with Gasteiger partial charge < -0.3 is 14.5 Å². The third kappa shape index (κ3) is 4.69. The van der Waals surface area contributed by atoms with Crippen molar-refractivity contribution in [3.05, 3.63) is 83.2 Å². The fourth-order valence-electron chi connectivity index (χ4n) is 3.42. The number of ether oxygens (including phenoxy) is 1. The van der Waals surface area contributed by atoms with Gasteiger partial charge in [-0.1, -0.05) is 12.1 Å². The quantitative estimate of drug-likeness (QED) is 0.260. The van der Waals surface area contributed by atoms with E-state index in [2.05, 4.69) is 15.6 Å². The Hall–Kier alpha value is -4.31. The molecule has 9 nitrogen and oxygen atoms in total. The van der Waals surface area contributed by atoms with E-state index in [1.807, 2.05) is 36.4 Å². The number of thioether (sulfide) groups is 1. The highest BCUT2D eigenvalue weighted by Gasteiger charge is 2.29. The summed E-state index contributed by atoms with van der Waals surface area (Å²) in [7, 11) is 1.58. The van der Waals surface area contributed by atoms with Crippen LogP contribution >= 0.6 is 11.8 Å². The number of rotatable bonds is 7. The summed E-state index contributed by atoms with van der Waals surface area (Å²) in [6, 6.07) is 21.9. The second-order valence-electron chi connectivity index (χ2n) is 7.63. The van der Waals surface area contributed by atoms with Crippen molar-refractivity contribution >= 4 is 34.5 Å². The number of amides is 1. The zero-order valence-electron chi connectivity index (χ0n) is 18.8. The molecular formula is C25H21N4O5S+. The average Bonchev–Trinajstić information content (AvgIpc) is 3.48. The summed E-state index contributed by atoms with van der Waals surface area (Å²) in [5.41, 5.74) is 3.02. The summed E-state index contributed by atoms with van der Waals surface area (Å²) in [5, 5.41) is 5.13. The Morgan fingerprint density at radius 2 is 1.83 bits per heavy atom. The number of aromatic amines is 1. The summed E-state index contributed by atoms with van der Waals surface area (Å²) in [4.78, 5) is 29.6. The highest BCUT2D eigenvalue weighted by Crippen LogP contribution is 2.26. The second kappa shape index (κ2) is 9.51. The maximum atomic E-state index is 12.8. The number of carbonyl (C=O) groups excluding carboxylic acids is 1. The highest BCUT2D eigenvalue weighted by molar-refractivity contribution is 8.00. The van der Waals surface area contributed by atoms with Crippen molar-refractivity contribution in [2.24, 2.45) is 0 Å². The first-order valence-electron chi connectivity index (χ1n) is 10.7. The van der Waals surface area contributed by atoms with E-state index in [1.165, 1.54) is 4.68 Å². The summed E-state index contributed by atoms with van der Waals surface area (Å²) in [6.45, 7) is 1.72. The molecule has 5 rings (SSSR count). The third-order valence-electron chi connectivity index (χ3n) is 5.29. The molecule has 2 aromatic heterocycles. The number of oxazole rings is 1. The van der Waals surface area contributed by atoms with Gasteiger partial charge in [0.1, 0.15) is 11.3 Å². The Balaban J connectivity index is 1.27. The Morgan fingerprint density at radius 1 is 1.09 bits per heavy atom. The van der Waals surface area contributed by atoms with Crippen molar-refractivity contribution < 1.29 is 23.2 Å². The smallest absolute Gasteiger partial charge is 0.442 e. The van der Waals surface area contributed by atoms with Crippen LogP contribution in [-0.4, -0.2) is 28.5 Å². The van der Waals surface area contributed by atoms with Crippen LogP contribution in [0.3, 0.4) is 0 Å². The van der Waals surface area contributed by atoms with Crippen LogP contribution in [0.5, 0.6) is 5.75 Å². The van der Waals surface area contributed by atoms with E-state index in [-0.39, 0.29) is 10.9 Å². The lowest BCUT2D eigenvalue weighted by Gasteiger charge is -2.09. The van der Waals surface area contributed by atoms with Gasteiger partial charge in [0.2, 0.25) is 17.5 Å². The van der Waals surface area contributed by atoms with Crippen LogP contribution in [0.4, 0.5) is 5.69 Å². The first-order chi connectivity index (χ1) is 17.0. The highest BCUT2D eigenvalue weighted by atomic mass is 32.2. The van der Waals surface area contributed by atoms with Gasteiger partial charge >= 0.3 is 10.7 Å². The number of hydrogen-bond acceptors (Lipinski definition) is 7. The fraction of sp³-hybridized carbons (Fsp3) is 0.120.